The summed E-state index contributed by atoms with van der Waals surface area (Å²) in [5, 5.41) is 0. The van der Waals surface area contributed by atoms with Crippen LogP contribution in [-0.4, -0.2) is 22.8 Å². The lowest BCUT2D eigenvalue weighted by atomic mass is 10.3. The Labute approximate surface area is 118 Å². The third kappa shape index (κ3) is 2.69. The lowest BCUT2D eigenvalue weighted by Gasteiger charge is -2.20. The molecule has 0 fully saturated rings. The molecule has 20 heavy (non-hydrogen) atoms. The summed E-state index contributed by atoms with van der Waals surface area (Å²) in [5.74, 6) is 0.290. The first kappa shape index (κ1) is 14.9. The molecule has 110 valence electrons. The van der Waals surface area contributed by atoms with E-state index in [-0.39, 0.29) is 11.9 Å². The minimum Gasteiger partial charge on any atom is -0.346 e. The van der Waals surface area contributed by atoms with Crippen molar-refractivity contribution in [2.75, 3.05) is 13.2 Å². The van der Waals surface area contributed by atoms with E-state index < -0.39 is 6.29 Å². The van der Waals surface area contributed by atoms with Crippen LogP contribution < -0.4 is 0 Å². The van der Waals surface area contributed by atoms with Gasteiger partial charge >= 0.3 is 0 Å². The summed E-state index contributed by atoms with van der Waals surface area (Å²) < 4.78 is 27.1. The molecule has 0 N–H and O–H groups in total. The minimum absolute atomic E-state index is 0.139. The zero-order valence-corrected chi connectivity index (χ0v) is 12.4. The van der Waals surface area contributed by atoms with Crippen LogP contribution in [0.2, 0.25) is 0 Å². The highest BCUT2D eigenvalue weighted by molar-refractivity contribution is 5.76. The van der Waals surface area contributed by atoms with Crippen LogP contribution >= 0.6 is 0 Å². The first-order chi connectivity index (χ1) is 9.60. The van der Waals surface area contributed by atoms with Crippen molar-refractivity contribution in [2.45, 2.75) is 40.0 Å². The van der Waals surface area contributed by atoms with Gasteiger partial charge in [0.1, 0.15) is 5.52 Å². The van der Waals surface area contributed by atoms with Crippen LogP contribution in [0.3, 0.4) is 0 Å². The van der Waals surface area contributed by atoms with Crippen LogP contribution in [0.15, 0.2) is 18.2 Å². The van der Waals surface area contributed by atoms with E-state index in [4.69, 9.17) is 9.47 Å². The molecule has 1 aromatic carbocycles. The van der Waals surface area contributed by atoms with Gasteiger partial charge in [0.15, 0.2) is 11.6 Å². The largest absolute Gasteiger partial charge is 0.346 e. The molecule has 0 saturated heterocycles. The van der Waals surface area contributed by atoms with Crippen molar-refractivity contribution >= 4 is 11.0 Å². The van der Waals surface area contributed by atoms with Crippen LogP contribution in [0, 0.1) is 5.82 Å². The third-order valence-corrected chi connectivity index (χ3v) is 3.06. The number of para-hydroxylation sites is 1. The van der Waals surface area contributed by atoms with E-state index in [0.29, 0.717) is 24.6 Å². The molecular formula is C15H21FN2O2. The van der Waals surface area contributed by atoms with E-state index in [9.17, 15) is 4.39 Å². The van der Waals surface area contributed by atoms with E-state index >= 15 is 0 Å². The molecule has 0 saturated carbocycles. The number of halogens is 1. The second-order valence-electron chi connectivity index (χ2n) is 4.78. The average Bonchev–Trinajstić information content (AvgIpc) is 2.79. The van der Waals surface area contributed by atoms with Crippen molar-refractivity contribution in [1.29, 1.82) is 0 Å². The molecule has 1 heterocycles. The number of nitrogens with zero attached hydrogens (tertiary/aromatic N) is 2. The number of aromatic nitrogens is 2. The van der Waals surface area contributed by atoms with Crippen LogP contribution in [0.25, 0.3) is 11.0 Å². The van der Waals surface area contributed by atoms with Crippen molar-refractivity contribution in [2.24, 2.45) is 0 Å². The van der Waals surface area contributed by atoms with E-state index in [1.807, 2.05) is 38.3 Å². The SMILES string of the molecule is CCOC(OCC)c1nc2c(F)cccc2n1C(C)C. The van der Waals surface area contributed by atoms with E-state index in [0.717, 1.165) is 5.52 Å². The quantitative estimate of drug-likeness (QED) is 0.754. The molecule has 2 rings (SSSR count). The van der Waals surface area contributed by atoms with Gasteiger partial charge in [0.2, 0.25) is 6.29 Å². The second-order valence-corrected chi connectivity index (χ2v) is 4.78. The summed E-state index contributed by atoms with van der Waals surface area (Å²) in [4.78, 5) is 4.41. The summed E-state index contributed by atoms with van der Waals surface area (Å²) in [6.07, 6.45) is -0.570. The molecule has 1 aromatic heterocycles. The van der Waals surface area contributed by atoms with E-state index in [1.54, 1.807) is 6.07 Å². The van der Waals surface area contributed by atoms with Gasteiger partial charge in [0, 0.05) is 19.3 Å². The summed E-state index contributed by atoms with van der Waals surface area (Å²) in [7, 11) is 0. The summed E-state index contributed by atoms with van der Waals surface area (Å²) >= 11 is 0. The van der Waals surface area contributed by atoms with Crippen LogP contribution in [-0.2, 0) is 9.47 Å². The number of hydrogen-bond donors (Lipinski definition) is 0. The van der Waals surface area contributed by atoms with Crippen molar-refractivity contribution in [3.63, 3.8) is 0 Å². The molecule has 4 nitrogen and oxygen atoms in total. The van der Waals surface area contributed by atoms with Gasteiger partial charge in [-0.3, -0.25) is 0 Å². The maximum absolute atomic E-state index is 13.9. The topological polar surface area (TPSA) is 36.3 Å². The van der Waals surface area contributed by atoms with Gasteiger partial charge in [0.25, 0.3) is 0 Å². The predicted molar refractivity (Wildman–Crippen MR) is 76.1 cm³/mol. The van der Waals surface area contributed by atoms with Crippen LogP contribution in [0.4, 0.5) is 4.39 Å². The first-order valence-corrected chi connectivity index (χ1v) is 6.99. The highest BCUT2D eigenvalue weighted by Crippen LogP contribution is 2.28. The summed E-state index contributed by atoms with van der Waals surface area (Å²) in [6.45, 7) is 8.88. The fourth-order valence-electron chi connectivity index (χ4n) is 2.31. The molecule has 0 aliphatic rings. The Bertz CT molecular complexity index is 575. The van der Waals surface area contributed by atoms with Gasteiger partial charge in [-0.05, 0) is 39.8 Å². The minimum atomic E-state index is -0.570. The predicted octanol–water partition coefficient (Wildman–Crippen LogP) is 3.83. The van der Waals surface area contributed by atoms with Crippen LogP contribution in [0.5, 0.6) is 0 Å². The zero-order valence-electron chi connectivity index (χ0n) is 12.4. The lowest BCUT2D eigenvalue weighted by Crippen LogP contribution is -2.16. The van der Waals surface area contributed by atoms with Gasteiger partial charge in [-0.1, -0.05) is 6.07 Å². The van der Waals surface area contributed by atoms with Gasteiger partial charge in [-0.25, -0.2) is 9.37 Å². The monoisotopic (exact) mass is 280 g/mol. The average molecular weight is 280 g/mol. The number of imidazole rings is 1. The molecule has 0 aliphatic carbocycles. The lowest BCUT2D eigenvalue weighted by molar-refractivity contribution is -0.146. The summed E-state index contributed by atoms with van der Waals surface area (Å²) in [5.41, 5.74) is 1.13. The Balaban J connectivity index is 2.61. The zero-order chi connectivity index (χ0) is 14.7. The van der Waals surface area contributed by atoms with Crippen LogP contribution in [0.1, 0.15) is 45.9 Å². The molecule has 0 amide bonds. The summed E-state index contributed by atoms with van der Waals surface area (Å²) in [6, 6.07) is 5.11. The van der Waals surface area contributed by atoms with Crippen molar-refractivity contribution in [3.8, 4) is 0 Å². The molecule has 0 atom stereocenters. The molecular weight excluding hydrogens is 259 g/mol. The number of benzene rings is 1. The molecule has 0 radical (unpaired) electrons. The fraction of sp³-hybridized carbons (Fsp3) is 0.533. The number of hydrogen-bond acceptors (Lipinski definition) is 3. The fourth-order valence-corrected chi connectivity index (χ4v) is 2.31. The smallest absolute Gasteiger partial charge is 0.217 e. The maximum atomic E-state index is 13.9. The normalized spacial score (nSPS) is 11.9. The van der Waals surface area contributed by atoms with Crippen molar-refractivity contribution in [3.05, 3.63) is 29.8 Å². The van der Waals surface area contributed by atoms with Gasteiger partial charge in [-0.15, -0.1) is 0 Å². The van der Waals surface area contributed by atoms with Crippen molar-refractivity contribution in [1.82, 2.24) is 9.55 Å². The first-order valence-electron chi connectivity index (χ1n) is 6.99. The Morgan fingerprint density at radius 2 is 1.85 bits per heavy atom. The molecule has 2 aromatic rings. The molecule has 0 aliphatic heterocycles. The number of fused-ring (bicyclic) bond motifs is 1. The highest BCUT2D eigenvalue weighted by Gasteiger charge is 2.23. The molecule has 0 spiro atoms. The molecule has 0 bridgehead atoms. The van der Waals surface area contributed by atoms with Gasteiger partial charge < -0.3 is 14.0 Å². The van der Waals surface area contributed by atoms with E-state index in [1.165, 1.54) is 6.07 Å². The molecule has 0 unspecified atom stereocenters. The Hall–Kier alpha value is -1.46. The Kier molecular flexibility index (Phi) is 4.73. The Morgan fingerprint density at radius 3 is 2.40 bits per heavy atom. The van der Waals surface area contributed by atoms with Gasteiger partial charge in [-0.2, -0.15) is 0 Å². The maximum Gasteiger partial charge on any atom is 0.217 e. The van der Waals surface area contributed by atoms with Crippen molar-refractivity contribution < 1.29 is 13.9 Å². The standard InChI is InChI=1S/C15H21FN2O2/c1-5-19-15(20-6-2)14-17-13-11(16)8-7-9-12(13)18(14)10(3)4/h7-10,15H,5-6H2,1-4H3. The van der Waals surface area contributed by atoms with Gasteiger partial charge in [0.05, 0.1) is 5.52 Å². The van der Waals surface area contributed by atoms with E-state index in [2.05, 4.69) is 4.98 Å². The third-order valence-electron chi connectivity index (χ3n) is 3.06. The number of rotatable bonds is 6. The second kappa shape index (κ2) is 6.33. The molecule has 5 heteroatoms. The number of ether oxygens (including phenoxy) is 2. The highest BCUT2D eigenvalue weighted by atomic mass is 19.1. The Morgan fingerprint density at radius 1 is 1.20 bits per heavy atom.